The highest BCUT2D eigenvalue weighted by atomic mass is 16.2. The minimum atomic E-state index is 0.00925. The van der Waals surface area contributed by atoms with Gasteiger partial charge in [0.25, 0.3) is 0 Å². The van der Waals surface area contributed by atoms with Gasteiger partial charge in [-0.2, -0.15) is 0 Å². The number of rotatable bonds is 5. The molecule has 1 amide bonds. The molecule has 7 heteroatoms. The Bertz CT molecular complexity index is 778. The number of nitrogens with one attached hydrogen (secondary N) is 2. The summed E-state index contributed by atoms with van der Waals surface area (Å²) in [6.45, 7) is 6.54. The Kier molecular flexibility index (Phi) is 5.33. The van der Waals surface area contributed by atoms with Gasteiger partial charge in [0, 0.05) is 42.8 Å². The first-order chi connectivity index (χ1) is 12.1. The number of aromatic amines is 1. The number of nitrogens with zero attached hydrogens (tertiary/aromatic N) is 4. The largest absolute Gasteiger partial charge is 0.386 e. The topological polar surface area (TPSA) is 76.1 Å². The van der Waals surface area contributed by atoms with Crippen LogP contribution in [-0.4, -0.2) is 73.3 Å². The highest BCUT2D eigenvalue weighted by Gasteiger charge is 2.30. The monoisotopic (exact) mass is 342 g/mol. The summed E-state index contributed by atoms with van der Waals surface area (Å²) in [5.74, 6) is 0.388. The molecule has 2 atom stereocenters. The van der Waals surface area contributed by atoms with Crippen LogP contribution < -0.4 is 16.0 Å². The van der Waals surface area contributed by atoms with Crippen LogP contribution in [0.2, 0.25) is 0 Å². The van der Waals surface area contributed by atoms with Gasteiger partial charge in [-0.1, -0.05) is 6.58 Å². The van der Waals surface area contributed by atoms with E-state index in [1.807, 2.05) is 17.2 Å². The lowest BCUT2D eigenvalue weighted by Crippen LogP contribution is -2.52. The van der Waals surface area contributed by atoms with Gasteiger partial charge in [0.1, 0.15) is 11.8 Å². The molecule has 3 heterocycles. The van der Waals surface area contributed by atoms with E-state index in [0.717, 1.165) is 42.5 Å². The Hall–Kier alpha value is -2.41. The molecule has 2 N–H and O–H groups in total. The summed E-state index contributed by atoms with van der Waals surface area (Å²) in [6, 6.07) is 2.38. The van der Waals surface area contributed by atoms with Crippen molar-refractivity contribution in [3.05, 3.63) is 35.6 Å². The minimum absolute atomic E-state index is 0.00925. The summed E-state index contributed by atoms with van der Waals surface area (Å²) in [6.07, 6.45) is 5.95. The van der Waals surface area contributed by atoms with E-state index in [2.05, 4.69) is 45.9 Å². The van der Waals surface area contributed by atoms with Gasteiger partial charge in [-0.15, -0.1) is 0 Å². The van der Waals surface area contributed by atoms with E-state index < -0.39 is 0 Å². The highest BCUT2D eigenvalue weighted by Crippen LogP contribution is 2.20. The van der Waals surface area contributed by atoms with E-state index in [-0.39, 0.29) is 5.91 Å². The van der Waals surface area contributed by atoms with Gasteiger partial charge in [0.15, 0.2) is 0 Å². The van der Waals surface area contributed by atoms with Gasteiger partial charge < -0.3 is 20.1 Å². The van der Waals surface area contributed by atoms with Gasteiger partial charge >= 0.3 is 0 Å². The number of carbonyl (C=O) groups excluding carboxylic acids is 1. The Labute approximate surface area is 147 Å². The molecule has 25 heavy (non-hydrogen) atoms. The summed E-state index contributed by atoms with van der Waals surface area (Å²) in [5, 5.41) is 4.62. The van der Waals surface area contributed by atoms with Gasteiger partial charge in [-0.05, 0) is 38.6 Å². The number of hydrogen-bond acceptors (Lipinski definition) is 5. The number of H-pyrrole nitrogens is 1. The molecule has 3 rings (SSSR count). The van der Waals surface area contributed by atoms with Gasteiger partial charge in [0.2, 0.25) is 5.91 Å². The lowest BCUT2D eigenvalue weighted by Gasteiger charge is -2.40. The number of likely N-dealkylation sites (N-methyl/N-ethyl adjacent to an activating group) is 1. The Morgan fingerprint density at radius 2 is 2.36 bits per heavy atom. The molecule has 0 spiro atoms. The van der Waals surface area contributed by atoms with E-state index in [4.69, 9.17) is 0 Å². The summed E-state index contributed by atoms with van der Waals surface area (Å²) >= 11 is 0. The molecule has 1 fully saturated rings. The lowest BCUT2D eigenvalue weighted by atomic mass is 9.93. The smallest absolute Gasteiger partial charge is 0.246 e. The molecule has 7 nitrogen and oxygen atoms in total. The van der Waals surface area contributed by atoms with Crippen molar-refractivity contribution in [2.45, 2.75) is 12.5 Å². The van der Waals surface area contributed by atoms with Crippen LogP contribution in [0.15, 0.2) is 34.9 Å². The van der Waals surface area contributed by atoms with Crippen molar-refractivity contribution in [2.75, 3.05) is 40.3 Å². The average molecular weight is 342 g/mol. The third kappa shape index (κ3) is 3.99. The molecule has 2 aliphatic rings. The summed E-state index contributed by atoms with van der Waals surface area (Å²) in [7, 11) is 4.14. The van der Waals surface area contributed by atoms with Crippen molar-refractivity contribution in [1.29, 1.82) is 0 Å². The van der Waals surface area contributed by atoms with Crippen LogP contribution in [-0.2, 0) is 4.79 Å². The third-order valence-electron chi connectivity index (χ3n) is 4.90. The standard InChI is InChI=1S/C18H26N6O/c1-4-17(25)24-10-13(7-14(11-24)23(2)3)8-21-16-9-19-12-22-18-15(16)5-6-20-18/h4-6,12-14,21H,1,7-11H2,2-3H3,(H,19,20,22). The Morgan fingerprint density at radius 3 is 3.12 bits per heavy atom. The van der Waals surface area contributed by atoms with E-state index in [9.17, 15) is 4.79 Å². The fraction of sp³-hybridized carbons (Fsp3) is 0.500. The van der Waals surface area contributed by atoms with Crippen molar-refractivity contribution in [2.24, 2.45) is 15.9 Å². The zero-order valence-corrected chi connectivity index (χ0v) is 14.9. The van der Waals surface area contributed by atoms with Crippen molar-refractivity contribution in [3.63, 3.8) is 0 Å². The zero-order chi connectivity index (χ0) is 17.8. The number of fused-ring (bicyclic) bond motifs is 1. The Morgan fingerprint density at radius 1 is 1.52 bits per heavy atom. The van der Waals surface area contributed by atoms with Gasteiger partial charge in [-0.3, -0.25) is 9.79 Å². The molecular weight excluding hydrogens is 316 g/mol. The number of piperidine rings is 1. The van der Waals surface area contributed by atoms with E-state index in [1.54, 1.807) is 6.34 Å². The average Bonchev–Trinajstić information content (AvgIpc) is 3.00. The fourth-order valence-corrected chi connectivity index (χ4v) is 3.45. The minimum Gasteiger partial charge on any atom is -0.386 e. The van der Waals surface area contributed by atoms with Crippen molar-refractivity contribution in [3.8, 4) is 0 Å². The molecule has 2 aliphatic heterocycles. The Balaban J connectivity index is 1.72. The second kappa shape index (κ2) is 7.65. The summed E-state index contributed by atoms with van der Waals surface area (Å²) in [4.78, 5) is 27.9. The van der Waals surface area contributed by atoms with Crippen molar-refractivity contribution < 1.29 is 4.79 Å². The lowest BCUT2D eigenvalue weighted by molar-refractivity contribution is -0.129. The number of amides is 1. The molecule has 1 aromatic rings. The van der Waals surface area contributed by atoms with Gasteiger partial charge in [0.05, 0.1) is 6.54 Å². The van der Waals surface area contributed by atoms with Gasteiger partial charge in [-0.25, -0.2) is 4.99 Å². The van der Waals surface area contributed by atoms with Crippen molar-refractivity contribution >= 4 is 17.9 Å². The summed E-state index contributed by atoms with van der Waals surface area (Å²) < 4.78 is 0. The van der Waals surface area contributed by atoms with Crippen LogP contribution in [0.4, 0.5) is 0 Å². The quantitative estimate of drug-likeness (QED) is 0.698. The first kappa shape index (κ1) is 17.4. The van der Waals surface area contributed by atoms with E-state index >= 15 is 0 Å². The molecule has 1 saturated heterocycles. The zero-order valence-electron chi connectivity index (χ0n) is 14.9. The maximum Gasteiger partial charge on any atom is 0.246 e. The number of aromatic nitrogens is 1. The molecule has 0 saturated carbocycles. The molecule has 0 aliphatic carbocycles. The molecule has 0 radical (unpaired) electrons. The number of likely N-dealkylation sites (tertiary alicyclic amines) is 1. The SMILES string of the molecule is C=CC(=O)N1CC(CNC2=c3cc[nH]c3=NC=NC2)CC(N(C)C)C1. The summed E-state index contributed by atoms with van der Waals surface area (Å²) in [5.41, 5.74) is 1.91. The first-order valence-corrected chi connectivity index (χ1v) is 8.63. The second-order valence-electron chi connectivity index (χ2n) is 6.85. The predicted molar refractivity (Wildman–Crippen MR) is 98.7 cm³/mol. The predicted octanol–water partition coefficient (Wildman–Crippen LogP) is -0.661. The molecule has 1 aromatic heterocycles. The fourth-order valence-electron chi connectivity index (χ4n) is 3.45. The van der Waals surface area contributed by atoms with Crippen LogP contribution in [0, 0.1) is 5.92 Å². The van der Waals surface area contributed by atoms with Crippen LogP contribution in [0.5, 0.6) is 0 Å². The maximum atomic E-state index is 12.1. The third-order valence-corrected chi connectivity index (χ3v) is 4.90. The van der Waals surface area contributed by atoms with Crippen LogP contribution in [0.3, 0.4) is 0 Å². The molecule has 0 aromatic carbocycles. The number of carbonyl (C=O) groups is 1. The molecule has 134 valence electrons. The highest BCUT2D eigenvalue weighted by molar-refractivity contribution is 5.87. The second-order valence-corrected chi connectivity index (χ2v) is 6.85. The van der Waals surface area contributed by atoms with Crippen LogP contribution in [0.25, 0.3) is 5.70 Å². The molecule has 0 bridgehead atoms. The normalized spacial score (nSPS) is 23.0. The molecule has 2 unspecified atom stereocenters. The number of hydrogen-bond donors (Lipinski definition) is 2. The molecular formula is C18H26N6O. The van der Waals surface area contributed by atoms with Crippen LogP contribution >= 0.6 is 0 Å². The van der Waals surface area contributed by atoms with Crippen molar-refractivity contribution in [1.82, 2.24) is 20.1 Å². The number of aliphatic imine (C=N–C) groups is 1. The van der Waals surface area contributed by atoms with E-state index in [0.29, 0.717) is 18.5 Å². The maximum absolute atomic E-state index is 12.1. The van der Waals surface area contributed by atoms with E-state index in [1.165, 1.54) is 6.08 Å². The van der Waals surface area contributed by atoms with Crippen LogP contribution in [0.1, 0.15) is 6.42 Å². The first-order valence-electron chi connectivity index (χ1n) is 8.63.